The Morgan fingerprint density at radius 1 is 1.08 bits per heavy atom. The van der Waals surface area contributed by atoms with Gasteiger partial charge in [-0.25, -0.2) is 4.98 Å². The molecule has 25 heavy (non-hydrogen) atoms. The Bertz CT molecular complexity index is 1130. The van der Waals surface area contributed by atoms with Crippen LogP contribution in [0.25, 0.3) is 33.1 Å². The molecule has 0 spiro atoms. The molecule has 0 aliphatic rings. The highest BCUT2D eigenvalue weighted by Gasteiger charge is 2.18. The number of hydrogen-bond donors (Lipinski definition) is 4. The number of nitrogens with two attached hydrogens (primary N) is 1. The second kappa shape index (κ2) is 5.72. The highest BCUT2D eigenvalue weighted by atomic mass is 16.1. The summed E-state index contributed by atoms with van der Waals surface area (Å²) >= 11 is 0. The topological polar surface area (TPSA) is 121 Å². The first kappa shape index (κ1) is 14.8. The van der Waals surface area contributed by atoms with Gasteiger partial charge in [-0.1, -0.05) is 24.3 Å². The Kier molecular flexibility index (Phi) is 3.39. The number of benzene rings is 1. The van der Waals surface area contributed by atoms with Crippen LogP contribution in [0.4, 0.5) is 0 Å². The van der Waals surface area contributed by atoms with E-state index in [1.165, 1.54) is 0 Å². The Morgan fingerprint density at radius 3 is 2.76 bits per heavy atom. The first-order valence-electron chi connectivity index (χ1n) is 7.61. The van der Waals surface area contributed by atoms with E-state index in [0.717, 1.165) is 22.0 Å². The van der Waals surface area contributed by atoms with Crippen molar-refractivity contribution in [2.75, 3.05) is 0 Å². The summed E-state index contributed by atoms with van der Waals surface area (Å²) in [6, 6.07) is 11.6. The van der Waals surface area contributed by atoms with Gasteiger partial charge >= 0.3 is 0 Å². The van der Waals surface area contributed by atoms with E-state index in [1.807, 2.05) is 36.4 Å². The van der Waals surface area contributed by atoms with E-state index >= 15 is 0 Å². The molecule has 4 rings (SSSR count). The zero-order valence-electron chi connectivity index (χ0n) is 13.1. The molecule has 0 atom stereocenters. The second-order valence-electron chi connectivity index (χ2n) is 5.53. The van der Waals surface area contributed by atoms with Crippen molar-refractivity contribution in [3.63, 3.8) is 0 Å². The molecule has 0 bridgehead atoms. The highest BCUT2D eigenvalue weighted by molar-refractivity contribution is 6.16. The van der Waals surface area contributed by atoms with Crippen LogP contribution in [0.3, 0.4) is 0 Å². The van der Waals surface area contributed by atoms with Gasteiger partial charge in [0.15, 0.2) is 5.96 Å². The summed E-state index contributed by atoms with van der Waals surface area (Å²) in [5, 5.41) is 11.3. The van der Waals surface area contributed by atoms with Crippen LogP contribution in [0, 0.1) is 5.41 Å². The van der Waals surface area contributed by atoms with Crippen LogP contribution in [-0.4, -0.2) is 26.8 Å². The predicted molar refractivity (Wildman–Crippen MR) is 96.2 cm³/mol. The van der Waals surface area contributed by atoms with Gasteiger partial charge in [0.1, 0.15) is 5.65 Å². The average Bonchev–Trinajstić information content (AvgIpc) is 3.05. The molecule has 1 amide bonds. The van der Waals surface area contributed by atoms with Crippen LogP contribution >= 0.6 is 0 Å². The minimum Gasteiger partial charge on any atom is -0.370 e. The first-order valence-corrected chi connectivity index (χ1v) is 7.61. The van der Waals surface area contributed by atoms with Gasteiger partial charge in [0.2, 0.25) is 0 Å². The molecule has 1 aromatic carbocycles. The van der Waals surface area contributed by atoms with Gasteiger partial charge in [-0.2, -0.15) is 0 Å². The summed E-state index contributed by atoms with van der Waals surface area (Å²) in [5.41, 5.74) is 8.83. The molecular formula is C18H14N6O. The quantitative estimate of drug-likeness (QED) is 0.333. The average molecular weight is 330 g/mol. The van der Waals surface area contributed by atoms with Crippen molar-refractivity contribution in [1.29, 1.82) is 5.41 Å². The molecule has 0 saturated carbocycles. The van der Waals surface area contributed by atoms with E-state index in [-0.39, 0.29) is 0 Å². The number of guanidine groups is 1. The zero-order valence-corrected chi connectivity index (χ0v) is 13.1. The number of amides is 1. The number of H-pyrrole nitrogens is 1. The van der Waals surface area contributed by atoms with E-state index in [4.69, 9.17) is 11.1 Å². The molecule has 0 aliphatic heterocycles. The van der Waals surface area contributed by atoms with Crippen LogP contribution < -0.4 is 11.1 Å². The number of carbonyl (C=O) groups is 1. The summed E-state index contributed by atoms with van der Waals surface area (Å²) < 4.78 is 0. The second-order valence-corrected chi connectivity index (χ2v) is 5.53. The number of carbonyl (C=O) groups excluding carboxylic acids is 1. The summed E-state index contributed by atoms with van der Waals surface area (Å²) in [6.45, 7) is 0. The van der Waals surface area contributed by atoms with Crippen molar-refractivity contribution in [3.8, 4) is 11.1 Å². The fraction of sp³-hybridized carbons (Fsp3) is 0. The number of nitrogens with zero attached hydrogens (tertiary/aromatic N) is 2. The number of fused-ring (bicyclic) bond motifs is 2. The van der Waals surface area contributed by atoms with Gasteiger partial charge in [-0.15, -0.1) is 0 Å². The van der Waals surface area contributed by atoms with Gasteiger partial charge in [-0.05, 0) is 17.7 Å². The third kappa shape index (κ3) is 2.47. The van der Waals surface area contributed by atoms with E-state index in [2.05, 4.69) is 20.3 Å². The lowest BCUT2D eigenvalue weighted by atomic mass is 9.98. The van der Waals surface area contributed by atoms with Gasteiger partial charge in [-0.3, -0.25) is 20.5 Å². The molecule has 0 saturated heterocycles. The number of pyridine rings is 2. The number of para-hydroxylation sites is 1. The summed E-state index contributed by atoms with van der Waals surface area (Å²) in [4.78, 5) is 24.2. The van der Waals surface area contributed by atoms with Crippen molar-refractivity contribution in [2.24, 2.45) is 5.73 Å². The maximum Gasteiger partial charge on any atom is 0.260 e. The fourth-order valence-electron chi connectivity index (χ4n) is 2.97. The minimum absolute atomic E-state index is 0.376. The van der Waals surface area contributed by atoms with Gasteiger partial charge in [0, 0.05) is 34.9 Å². The van der Waals surface area contributed by atoms with Crippen LogP contribution in [-0.2, 0) is 0 Å². The zero-order chi connectivity index (χ0) is 17.4. The largest absolute Gasteiger partial charge is 0.370 e. The molecule has 4 aromatic rings. The Labute approximate surface area is 142 Å². The summed E-state index contributed by atoms with van der Waals surface area (Å²) in [7, 11) is 0. The van der Waals surface area contributed by atoms with Crippen molar-refractivity contribution in [2.45, 2.75) is 0 Å². The third-order valence-electron chi connectivity index (χ3n) is 3.99. The first-order chi connectivity index (χ1) is 12.1. The minimum atomic E-state index is -0.457. The van der Waals surface area contributed by atoms with Gasteiger partial charge < -0.3 is 10.7 Å². The van der Waals surface area contributed by atoms with E-state index in [1.54, 1.807) is 18.6 Å². The molecule has 3 heterocycles. The Morgan fingerprint density at radius 2 is 1.92 bits per heavy atom. The molecule has 5 N–H and O–H groups in total. The van der Waals surface area contributed by atoms with Gasteiger partial charge in [0.05, 0.1) is 11.1 Å². The molecule has 0 fully saturated rings. The SMILES string of the molecule is N=C(N)NC(=O)c1c[nH]c2nccc(-c3cccc4cccnc34)c12. The lowest BCUT2D eigenvalue weighted by Crippen LogP contribution is -2.35. The molecule has 0 aliphatic carbocycles. The van der Waals surface area contributed by atoms with Crippen LogP contribution in [0.15, 0.2) is 55.0 Å². The molecule has 7 heteroatoms. The molecule has 0 radical (unpaired) electrons. The molecule has 3 aromatic heterocycles. The number of hydrogen-bond acceptors (Lipinski definition) is 4. The smallest absolute Gasteiger partial charge is 0.260 e. The fourth-order valence-corrected chi connectivity index (χ4v) is 2.97. The normalized spacial score (nSPS) is 10.9. The Balaban J connectivity index is 2.00. The lowest BCUT2D eigenvalue weighted by Gasteiger charge is -2.09. The Hall–Kier alpha value is -3.74. The van der Waals surface area contributed by atoms with Crippen LogP contribution in [0.1, 0.15) is 10.4 Å². The monoisotopic (exact) mass is 330 g/mol. The van der Waals surface area contributed by atoms with Crippen LogP contribution in [0.5, 0.6) is 0 Å². The van der Waals surface area contributed by atoms with Crippen LogP contribution in [0.2, 0.25) is 0 Å². The molecule has 7 nitrogen and oxygen atoms in total. The number of aromatic nitrogens is 3. The highest BCUT2D eigenvalue weighted by Crippen LogP contribution is 2.33. The standard InChI is InChI=1S/C18H14N6O/c19-18(20)24-17(25)13-9-23-16-14(13)11(6-8-22-16)12-5-1-3-10-4-2-7-21-15(10)12/h1-9H,(H,22,23)(H4,19,20,24,25). The third-order valence-corrected chi connectivity index (χ3v) is 3.99. The van der Waals surface area contributed by atoms with Crippen molar-refractivity contribution >= 4 is 33.8 Å². The van der Waals surface area contributed by atoms with E-state index in [9.17, 15) is 4.79 Å². The van der Waals surface area contributed by atoms with E-state index in [0.29, 0.717) is 16.6 Å². The van der Waals surface area contributed by atoms with E-state index < -0.39 is 11.9 Å². The van der Waals surface area contributed by atoms with Crippen molar-refractivity contribution < 1.29 is 4.79 Å². The van der Waals surface area contributed by atoms with Gasteiger partial charge in [0.25, 0.3) is 5.91 Å². The lowest BCUT2D eigenvalue weighted by molar-refractivity contribution is 0.0978. The molecular weight excluding hydrogens is 316 g/mol. The number of aromatic amines is 1. The predicted octanol–water partition coefficient (Wildman–Crippen LogP) is 2.40. The summed E-state index contributed by atoms with van der Waals surface area (Å²) in [6.07, 6.45) is 4.99. The van der Waals surface area contributed by atoms with Crippen molar-refractivity contribution in [1.82, 2.24) is 20.3 Å². The molecule has 122 valence electrons. The number of rotatable bonds is 2. The molecule has 0 unspecified atom stereocenters. The van der Waals surface area contributed by atoms with Crippen molar-refractivity contribution in [3.05, 3.63) is 60.6 Å². The maximum atomic E-state index is 12.4. The maximum absolute atomic E-state index is 12.4. The summed E-state index contributed by atoms with van der Waals surface area (Å²) in [5.74, 6) is -0.863. The number of nitrogens with one attached hydrogen (secondary N) is 3.